The lowest BCUT2D eigenvalue weighted by molar-refractivity contribution is 0.335. The molecule has 1 heterocycles. The number of fused-ring (bicyclic) bond motifs is 1. The van der Waals surface area contributed by atoms with E-state index >= 15 is 0 Å². The van der Waals surface area contributed by atoms with Gasteiger partial charge in [-0.25, -0.2) is 0 Å². The van der Waals surface area contributed by atoms with E-state index in [1.54, 1.807) is 13.2 Å². The molecular formula is C17H22N2O3S. The third kappa shape index (κ3) is 4.01. The smallest absolute Gasteiger partial charge is 0.272 e. The monoisotopic (exact) mass is 334 g/mol. The number of benzene rings is 1. The van der Waals surface area contributed by atoms with Gasteiger partial charge in [-0.05, 0) is 30.9 Å². The molecule has 0 fully saturated rings. The van der Waals surface area contributed by atoms with Crippen LogP contribution in [0.5, 0.6) is 5.75 Å². The van der Waals surface area contributed by atoms with E-state index in [-0.39, 0.29) is 11.4 Å². The average molecular weight is 334 g/mol. The molecule has 2 aromatic carbocycles. The highest BCUT2D eigenvalue weighted by Gasteiger charge is 2.22. The first-order valence-corrected chi connectivity index (χ1v) is 8.43. The van der Waals surface area contributed by atoms with E-state index in [1.165, 1.54) is 0 Å². The van der Waals surface area contributed by atoms with Crippen LogP contribution in [-0.4, -0.2) is 19.1 Å². The van der Waals surface area contributed by atoms with Crippen molar-refractivity contribution < 1.29 is 4.74 Å². The Labute approximate surface area is 141 Å². The molecule has 3 rings (SSSR count). The Kier molecular flexibility index (Phi) is 7.54. The molecule has 5 nitrogen and oxygen atoms in total. The zero-order chi connectivity index (χ0) is 17.4. The molecule has 0 amide bonds. The van der Waals surface area contributed by atoms with Gasteiger partial charge in [0.2, 0.25) is 0 Å². The summed E-state index contributed by atoms with van der Waals surface area (Å²) in [5.41, 5.74) is 1.90. The molecule has 0 aromatic heterocycles. The van der Waals surface area contributed by atoms with Crippen molar-refractivity contribution in [1.82, 2.24) is 0 Å². The molecule has 1 N–H and O–H groups in total. The van der Waals surface area contributed by atoms with E-state index in [4.69, 9.17) is 4.74 Å². The topological polar surface area (TPSA) is 67.8 Å². The predicted octanol–water partition coefficient (Wildman–Crippen LogP) is 3.26. The fourth-order valence-electron chi connectivity index (χ4n) is 2.09. The quantitative estimate of drug-likeness (QED) is 0.665. The SMILES string of the molecule is CC.CCOc1c(Nc2ccc3c(c2)N=CC3)c(=O)c1=O.CS. The summed E-state index contributed by atoms with van der Waals surface area (Å²) in [7, 11) is 0. The predicted molar refractivity (Wildman–Crippen MR) is 100 cm³/mol. The molecule has 23 heavy (non-hydrogen) atoms. The van der Waals surface area contributed by atoms with Crippen LogP contribution in [-0.2, 0) is 6.42 Å². The van der Waals surface area contributed by atoms with Crippen LogP contribution in [0.1, 0.15) is 26.3 Å². The summed E-state index contributed by atoms with van der Waals surface area (Å²) in [6.07, 6.45) is 4.37. The van der Waals surface area contributed by atoms with E-state index < -0.39 is 10.9 Å². The van der Waals surface area contributed by atoms with Gasteiger partial charge in [0.1, 0.15) is 5.69 Å². The van der Waals surface area contributed by atoms with Crippen LogP contribution in [0.25, 0.3) is 0 Å². The van der Waals surface area contributed by atoms with Crippen molar-refractivity contribution >= 4 is 35.9 Å². The summed E-state index contributed by atoms with van der Waals surface area (Å²) in [5, 5.41) is 2.93. The van der Waals surface area contributed by atoms with Crippen LogP contribution >= 0.6 is 12.6 Å². The molecule has 0 atom stereocenters. The van der Waals surface area contributed by atoms with Gasteiger partial charge in [-0.3, -0.25) is 14.6 Å². The molecule has 0 radical (unpaired) electrons. The van der Waals surface area contributed by atoms with Crippen molar-refractivity contribution in [3.63, 3.8) is 0 Å². The van der Waals surface area contributed by atoms with Gasteiger partial charge in [-0.15, -0.1) is 0 Å². The average Bonchev–Trinajstić information content (AvgIpc) is 3.09. The van der Waals surface area contributed by atoms with Gasteiger partial charge in [0.15, 0.2) is 5.75 Å². The molecule has 2 aromatic rings. The van der Waals surface area contributed by atoms with E-state index in [2.05, 4.69) is 22.9 Å². The number of hydrogen-bond acceptors (Lipinski definition) is 6. The first-order valence-electron chi connectivity index (χ1n) is 7.54. The minimum absolute atomic E-state index is 0.122. The Bertz CT molecular complexity index is 747. The molecule has 0 aliphatic carbocycles. The molecule has 0 saturated carbocycles. The summed E-state index contributed by atoms with van der Waals surface area (Å²) in [5.74, 6) is 0.122. The van der Waals surface area contributed by atoms with Crippen molar-refractivity contribution in [3.8, 4) is 5.75 Å². The van der Waals surface area contributed by atoms with Gasteiger partial charge < -0.3 is 10.1 Å². The number of nitrogens with one attached hydrogen (secondary N) is 1. The maximum Gasteiger partial charge on any atom is 0.272 e. The molecular weight excluding hydrogens is 312 g/mol. The molecule has 124 valence electrons. The zero-order valence-corrected chi connectivity index (χ0v) is 14.7. The van der Waals surface area contributed by atoms with Crippen molar-refractivity contribution in [3.05, 3.63) is 44.2 Å². The Balaban J connectivity index is 0.000000615. The van der Waals surface area contributed by atoms with Crippen LogP contribution in [0.15, 0.2) is 32.8 Å². The van der Waals surface area contributed by atoms with E-state index in [9.17, 15) is 9.59 Å². The standard InChI is InChI=1S/C14H12N2O3.C2H6.CH4S/c1-2-19-14-11(12(17)13(14)18)16-9-4-3-8-5-6-15-10(8)7-9;2*1-2/h3-4,6-7,16H,2,5H2,1H3;1-2H3;2H,1H3. The Morgan fingerprint density at radius 3 is 2.57 bits per heavy atom. The number of ether oxygens (including phenoxy) is 1. The highest BCUT2D eigenvalue weighted by molar-refractivity contribution is 7.79. The van der Waals surface area contributed by atoms with Gasteiger partial charge in [0.25, 0.3) is 10.9 Å². The lowest BCUT2D eigenvalue weighted by Gasteiger charge is -2.13. The molecule has 1 aliphatic rings. The van der Waals surface area contributed by atoms with Crippen molar-refractivity contribution in [2.75, 3.05) is 18.2 Å². The largest absolute Gasteiger partial charge is 0.488 e. The molecule has 0 unspecified atom stereocenters. The number of hydrogen-bond donors (Lipinski definition) is 2. The van der Waals surface area contributed by atoms with E-state index in [0.29, 0.717) is 6.61 Å². The molecule has 1 aliphatic heterocycles. The number of anilines is 2. The number of nitrogens with zero attached hydrogens (tertiary/aromatic N) is 1. The maximum atomic E-state index is 11.5. The normalized spacial score (nSPS) is 11.0. The van der Waals surface area contributed by atoms with Crippen LogP contribution < -0.4 is 20.9 Å². The van der Waals surface area contributed by atoms with E-state index in [1.807, 2.05) is 38.3 Å². The minimum atomic E-state index is -0.566. The van der Waals surface area contributed by atoms with Crippen LogP contribution in [0.4, 0.5) is 17.1 Å². The maximum absolute atomic E-state index is 11.5. The lowest BCUT2D eigenvalue weighted by atomic mass is 10.1. The van der Waals surface area contributed by atoms with Crippen LogP contribution in [0.2, 0.25) is 0 Å². The van der Waals surface area contributed by atoms with Crippen molar-refractivity contribution in [2.24, 2.45) is 4.99 Å². The Hall–Kier alpha value is -2.08. The fourth-order valence-corrected chi connectivity index (χ4v) is 2.09. The second-order valence-electron chi connectivity index (χ2n) is 4.28. The van der Waals surface area contributed by atoms with Gasteiger partial charge in [0.05, 0.1) is 12.3 Å². The first kappa shape index (κ1) is 19.0. The van der Waals surface area contributed by atoms with E-state index in [0.717, 1.165) is 23.4 Å². The Morgan fingerprint density at radius 2 is 1.91 bits per heavy atom. The summed E-state index contributed by atoms with van der Waals surface area (Å²) in [6.45, 7) is 6.12. The number of aliphatic imine (C=N–C) groups is 1. The highest BCUT2D eigenvalue weighted by Crippen LogP contribution is 2.30. The van der Waals surface area contributed by atoms with Gasteiger partial charge in [-0.2, -0.15) is 12.6 Å². The first-order chi connectivity index (χ1) is 11.2. The number of thiol groups is 1. The molecule has 0 bridgehead atoms. The van der Waals surface area contributed by atoms with Crippen LogP contribution in [0.3, 0.4) is 0 Å². The second-order valence-corrected chi connectivity index (χ2v) is 4.28. The van der Waals surface area contributed by atoms with Crippen molar-refractivity contribution in [2.45, 2.75) is 27.2 Å². The fraction of sp³-hybridized carbons (Fsp3) is 0.353. The summed E-state index contributed by atoms with van der Waals surface area (Å²) in [4.78, 5) is 27.1. The van der Waals surface area contributed by atoms with Gasteiger partial charge in [-0.1, -0.05) is 19.9 Å². The summed E-state index contributed by atoms with van der Waals surface area (Å²) in [6, 6.07) is 5.67. The lowest BCUT2D eigenvalue weighted by Crippen LogP contribution is -2.35. The minimum Gasteiger partial charge on any atom is -0.488 e. The zero-order valence-electron chi connectivity index (χ0n) is 13.8. The summed E-state index contributed by atoms with van der Waals surface area (Å²) < 4.78 is 5.16. The third-order valence-corrected chi connectivity index (χ3v) is 3.05. The number of rotatable bonds is 4. The molecule has 0 saturated heterocycles. The second kappa shape index (κ2) is 9.15. The van der Waals surface area contributed by atoms with Crippen molar-refractivity contribution in [1.29, 1.82) is 0 Å². The van der Waals surface area contributed by atoms with Gasteiger partial charge >= 0.3 is 0 Å². The highest BCUT2D eigenvalue weighted by atomic mass is 32.1. The molecule has 0 spiro atoms. The molecule has 6 heteroatoms. The van der Waals surface area contributed by atoms with Gasteiger partial charge in [0, 0.05) is 18.3 Å². The summed E-state index contributed by atoms with van der Waals surface area (Å²) >= 11 is 3.53. The Morgan fingerprint density at radius 1 is 1.22 bits per heavy atom. The third-order valence-electron chi connectivity index (χ3n) is 3.05. The van der Waals surface area contributed by atoms with Crippen LogP contribution in [0, 0.1) is 0 Å².